The van der Waals surface area contributed by atoms with E-state index in [2.05, 4.69) is 0 Å². The monoisotopic (exact) mass is 574 g/mol. The largest absolute Gasteiger partial charge is 0.463 e. The molecule has 2 atom stereocenters. The number of hydrogen-bond acceptors (Lipinski definition) is 6. The van der Waals surface area contributed by atoms with Crippen molar-refractivity contribution in [2.75, 3.05) is 26.3 Å². The van der Waals surface area contributed by atoms with Crippen molar-refractivity contribution >= 4 is 58.3 Å². The molecule has 204 valence electrons. The van der Waals surface area contributed by atoms with E-state index in [0.29, 0.717) is 18.4 Å². The maximum absolute atomic E-state index is 13.5. The van der Waals surface area contributed by atoms with E-state index in [1.807, 2.05) is 24.3 Å². The summed E-state index contributed by atoms with van der Waals surface area (Å²) in [5.74, 6) is -0.723. The Morgan fingerprint density at radius 1 is 1.11 bits per heavy atom. The van der Waals surface area contributed by atoms with Gasteiger partial charge in [0.25, 0.3) is 0 Å². The van der Waals surface area contributed by atoms with Gasteiger partial charge in [-0.2, -0.15) is 0 Å². The third kappa shape index (κ3) is 6.53. The number of fused-ring (bicyclic) bond motifs is 2. The Hall–Kier alpha value is -2.00. The van der Waals surface area contributed by atoms with Crippen molar-refractivity contribution in [3.63, 3.8) is 0 Å². The minimum Gasteiger partial charge on any atom is -0.463 e. The summed E-state index contributed by atoms with van der Waals surface area (Å²) in [6, 6.07) is 6.51. The first kappa shape index (κ1) is 29.6. The highest BCUT2D eigenvalue weighted by Crippen LogP contribution is 2.43. The maximum atomic E-state index is 13.5. The fourth-order valence-corrected chi connectivity index (χ4v) is 4.78. The Morgan fingerprint density at radius 2 is 1.76 bits per heavy atom. The molecule has 0 radical (unpaired) electrons. The number of carbonyl (C=O) groups excluding carboxylic acids is 3. The standard InChI is InChI=1S/C26H33Cl3N2O6/c1-5-36-23(34)22-20(18-10-8-17(9-11-18)7-6-12-32)13-19-14-30(16(2)33)15-21(22)31(19)24(35)37-25(3,4)26(27,28)29/h8-11,19,21,32H,5-7,12-15H2,1-4H3. The smallest absolute Gasteiger partial charge is 0.411 e. The first-order valence-corrected chi connectivity index (χ1v) is 13.4. The van der Waals surface area contributed by atoms with Gasteiger partial charge in [0.2, 0.25) is 9.70 Å². The van der Waals surface area contributed by atoms with Crippen LogP contribution in [0.5, 0.6) is 0 Å². The average molecular weight is 576 g/mol. The van der Waals surface area contributed by atoms with Crippen LogP contribution < -0.4 is 0 Å². The number of nitrogens with zero attached hydrogens (tertiary/aromatic N) is 2. The number of aliphatic hydroxyl groups excluding tert-OH is 1. The molecule has 1 aromatic rings. The molecule has 2 aliphatic heterocycles. The zero-order valence-electron chi connectivity index (χ0n) is 21.4. The normalized spacial score (nSPS) is 20.1. The van der Waals surface area contributed by atoms with Crippen molar-refractivity contribution in [1.82, 2.24) is 9.80 Å². The molecule has 0 spiro atoms. The van der Waals surface area contributed by atoms with Crippen molar-refractivity contribution in [3.05, 3.63) is 41.0 Å². The highest BCUT2D eigenvalue weighted by Gasteiger charge is 2.51. The number of hydrogen-bond donors (Lipinski definition) is 1. The molecule has 2 heterocycles. The predicted molar refractivity (Wildman–Crippen MR) is 143 cm³/mol. The number of piperazine rings is 1. The summed E-state index contributed by atoms with van der Waals surface area (Å²) >= 11 is 18.1. The maximum Gasteiger partial charge on any atom is 0.411 e. The summed E-state index contributed by atoms with van der Waals surface area (Å²) in [6.45, 7) is 6.76. The molecule has 1 fully saturated rings. The topological polar surface area (TPSA) is 96.4 Å². The molecule has 11 heteroatoms. The van der Waals surface area contributed by atoms with E-state index >= 15 is 0 Å². The molecule has 2 unspecified atom stereocenters. The highest BCUT2D eigenvalue weighted by atomic mass is 35.6. The number of carbonyl (C=O) groups is 3. The average Bonchev–Trinajstić information content (AvgIpc) is 2.81. The summed E-state index contributed by atoms with van der Waals surface area (Å²) in [5.41, 5.74) is 1.50. The fourth-order valence-electron chi connectivity index (χ4n) is 4.67. The van der Waals surface area contributed by atoms with Gasteiger partial charge < -0.3 is 19.5 Å². The first-order valence-electron chi connectivity index (χ1n) is 12.2. The molecule has 0 saturated carbocycles. The van der Waals surface area contributed by atoms with E-state index in [1.165, 1.54) is 25.7 Å². The van der Waals surface area contributed by atoms with Crippen molar-refractivity contribution < 1.29 is 29.0 Å². The molecule has 2 amide bonds. The minimum absolute atomic E-state index is 0.0986. The van der Waals surface area contributed by atoms with Gasteiger partial charge >= 0.3 is 12.1 Å². The van der Waals surface area contributed by atoms with E-state index in [9.17, 15) is 14.4 Å². The number of amides is 2. The molecule has 2 bridgehead atoms. The van der Waals surface area contributed by atoms with Gasteiger partial charge in [-0.25, -0.2) is 9.59 Å². The number of aryl methyl sites for hydroxylation is 1. The Kier molecular flexibility index (Phi) is 9.43. The van der Waals surface area contributed by atoms with E-state index in [1.54, 1.807) is 11.8 Å². The van der Waals surface area contributed by atoms with Crippen LogP contribution in [0.2, 0.25) is 0 Å². The van der Waals surface area contributed by atoms with E-state index in [4.69, 9.17) is 49.4 Å². The highest BCUT2D eigenvalue weighted by molar-refractivity contribution is 6.68. The van der Waals surface area contributed by atoms with Gasteiger partial charge in [-0.15, -0.1) is 0 Å². The van der Waals surface area contributed by atoms with Crippen molar-refractivity contribution in [3.8, 4) is 0 Å². The molecule has 2 aliphatic rings. The van der Waals surface area contributed by atoms with Gasteiger partial charge in [0.15, 0.2) is 5.60 Å². The van der Waals surface area contributed by atoms with E-state index in [-0.39, 0.29) is 32.2 Å². The number of aliphatic hydroxyl groups is 1. The third-order valence-corrected chi connectivity index (χ3v) is 8.12. The molecule has 1 N–H and O–H groups in total. The Morgan fingerprint density at radius 3 is 2.30 bits per heavy atom. The van der Waals surface area contributed by atoms with Crippen LogP contribution in [0, 0.1) is 0 Å². The summed E-state index contributed by atoms with van der Waals surface area (Å²) in [6.07, 6.45) is 0.948. The number of halogens is 3. The molecule has 1 aromatic carbocycles. The van der Waals surface area contributed by atoms with Crippen molar-refractivity contribution in [2.24, 2.45) is 0 Å². The van der Waals surface area contributed by atoms with Gasteiger partial charge in [0.05, 0.1) is 24.3 Å². The number of benzene rings is 1. The van der Waals surface area contributed by atoms with Crippen molar-refractivity contribution in [1.29, 1.82) is 0 Å². The summed E-state index contributed by atoms with van der Waals surface area (Å²) < 4.78 is 9.17. The van der Waals surface area contributed by atoms with E-state index < -0.39 is 33.5 Å². The summed E-state index contributed by atoms with van der Waals surface area (Å²) in [4.78, 5) is 42.2. The number of esters is 1. The lowest BCUT2D eigenvalue weighted by Gasteiger charge is -2.50. The van der Waals surface area contributed by atoms with Gasteiger partial charge in [0.1, 0.15) is 0 Å². The minimum atomic E-state index is -1.89. The Labute approximate surface area is 232 Å². The quantitative estimate of drug-likeness (QED) is 0.379. The zero-order chi connectivity index (χ0) is 27.5. The fraction of sp³-hybridized carbons (Fsp3) is 0.577. The molecular weight excluding hydrogens is 543 g/mol. The van der Waals surface area contributed by atoms with Gasteiger partial charge in [0, 0.05) is 26.6 Å². The number of alkyl halides is 3. The van der Waals surface area contributed by atoms with Crippen LogP contribution in [-0.4, -0.2) is 80.7 Å². The van der Waals surface area contributed by atoms with Crippen LogP contribution >= 0.6 is 34.8 Å². The number of rotatable bonds is 7. The first-order chi connectivity index (χ1) is 17.3. The van der Waals surface area contributed by atoms with Crippen LogP contribution in [0.15, 0.2) is 29.8 Å². The molecular formula is C26H33Cl3N2O6. The van der Waals surface area contributed by atoms with Gasteiger partial charge in [-0.05, 0) is 56.7 Å². The second-order valence-electron chi connectivity index (χ2n) is 9.72. The van der Waals surface area contributed by atoms with Crippen LogP contribution in [-0.2, 0) is 25.5 Å². The second-order valence-corrected chi connectivity index (χ2v) is 12.0. The Bertz CT molecular complexity index is 1050. The molecule has 8 nitrogen and oxygen atoms in total. The van der Waals surface area contributed by atoms with Gasteiger partial charge in [-0.3, -0.25) is 9.69 Å². The molecule has 37 heavy (non-hydrogen) atoms. The van der Waals surface area contributed by atoms with Crippen LogP contribution in [0.1, 0.15) is 51.7 Å². The summed E-state index contributed by atoms with van der Waals surface area (Å²) in [5, 5.41) is 9.12. The lowest BCUT2D eigenvalue weighted by atomic mass is 9.81. The second kappa shape index (κ2) is 11.8. The number of ether oxygens (including phenoxy) is 2. The zero-order valence-corrected chi connectivity index (χ0v) is 23.7. The molecule has 1 saturated heterocycles. The predicted octanol–water partition coefficient (Wildman–Crippen LogP) is 4.52. The summed E-state index contributed by atoms with van der Waals surface area (Å²) in [7, 11) is 0. The Balaban J connectivity index is 2.08. The lowest BCUT2D eigenvalue weighted by molar-refractivity contribution is -0.142. The lowest BCUT2D eigenvalue weighted by Crippen LogP contribution is -2.65. The van der Waals surface area contributed by atoms with Crippen LogP contribution in [0.25, 0.3) is 5.57 Å². The molecule has 3 rings (SSSR count). The van der Waals surface area contributed by atoms with Gasteiger partial charge in [-0.1, -0.05) is 59.1 Å². The SMILES string of the molecule is CCOC(=O)C1=C(c2ccc(CCCO)cc2)CC2CN(C(C)=O)CC1N2C(=O)OC(C)(C)C(Cl)(Cl)Cl. The van der Waals surface area contributed by atoms with Crippen LogP contribution in [0.3, 0.4) is 0 Å². The third-order valence-electron chi connectivity index (χ3n) is 6.75. The van der Waals surface area contributed by atoms with E-state index in [0.717, 1.165) is 23.1 Å². The van der Waals surface area contributed by atoms with Crippen molar-refractivity contribution in [2.45, 2.75) is 68.4 Å². The van der Waals surface area contributed by atoms with Crippen LogP contribution in [0.4, 0.5) is 4.79 Å². The molecule has 0 aliphatic carbocycles. The molecule has 0 aromatic heterocycles.